The first-order valence-corrected chi connectivity index (χ1v) is 48.4. The van der Waals surface area contributed by atoms with Crippen molar-refractivity contribution >= 4 is 152 Å². The molecule has 1 unspecified atom stereocenters. The van der Waals surface area contributed by atoms with Crippen molar-refractivity contribution in [3.05, 3.63) is 120 Å². The van der Waals surface area contributed by atoms with Gasteiger partial charge in [0.25, 0.3) is 0 Å². The lowest BCUT2D eigenvalue weighted by Gasteiger charge is -2.35. The van der Waals surface area contributed by atoms with E-state index >= 15 is 33.6 Å². The van der Waals surface area contributed by atoms with E-state index in [-0.39, 0.29) is 127 Å². The van der Waals surface area contributed by atoms with Gasteiger partial charge in [0.2, 0.25) is 94.5 Å². The second kappa shape index (κ2) is 48.2. The Morgan fingerprint density at radius 3 is 1.60 bits per heavy atom. The first-order chi connectivity index (χ1) is 62.6. The number of fused-ring (bicyclic) bond motifs is 5. The molecular weight excluding hydrogens is 1830 g/mol. The lowest BCUT2D eigenvalue weighted by atomic mass is 10.0. The van der Waals surface area contributed by atoms with Crippen molar-refractivity contribution in [2.75, 3.05) is 64.9 Å². The van der Waals surface area contributed by atoms with Gasteiger partial charge in [-0.15, -0.1) is 11.8 Å². The Hall–Kier alpha value is -12.1. The molecule has 6 aromatic rings. The number of aromatic nitrogens is 4. The molecule has 16 amide bonds. The predicted molar refractivity (Wildman–Crippen MR) is 492 cm³/mol. The van der Waals surface area contributed by atoms with E-state index in [1.165, 1.54) is 76.5 Å². The lowest BCUT2D eigenvalue weighted by molar-refractivity contribution is -0.149. The van der Waals surface area contributed by atoms with Crippen LogP contribution in [0.1, 0.15) is 134 Å². The highest BCUT2D eigenvalue weighted by molar-refractivity contribution is 14.2. The number of rotatable bonds is 23. The summed E-state index contributed by atoms with van der Waals surface area (Å²) in [5.74, 6) is -14.7. The second-order valence-corrected chi connectivity index (χ2v) is 37.9. The predicted octanol–water partition coefficient (Wildman–Crippen LogP) is -1.41. The highest BCUT2D eigenvalue weighted by Gasteiger charge is 2.46. The Kier molecular flexibility index (Phi) is 37.1. The quantitative estimate of drug-likeness (QED) is 0.0259. The van der Waals surface area contributed by atoms with Gasteiger partial charge >= 0.3 is 0 Å². The summed E-state index contributed by atoms with van der Waals surface area (Å²) in [6.07, 6.45) is 6.43. The van der Waals surface area contributed by atoms with Crippen molar-refractivity contribution in [1.82, 2.24) is 95.8 Å². The van der Waals surface area contributed by atoms with Crippen LogP contribution >= 0.6 is 31.4 Å². The number of likely N-dealkylation sites (N-methyl/N-ethyl adjacent to an activating group) is 2. The number of thioether (sulfide) groups is 1. The highest BCUT2D eigenvalue weighted by Crippen LogP contribution is 2.29. The van der Waals surface area contributed by atoms with Crippen LogP contribution in [0.25, 0.3) is 21.8 Å². The number of nitrogens with one attached hydrogen (secondary N) is 13. The van der Waals surface area contributed by atoms with E-state index < -0.39 is 224 Å². The summed E-state index contributed by atoms with van der Waals surface area (Å²) in [5.41, 5.74) is 20.3. The van der Waals surface area contributed by atoms with Gasteiger partial charge in [-0.2, -0.15) is 0 Å². The Morgan fingerprint density at radius 2 is 1.05 bits per heavy atom. The van der Waals surface area contributed by atoms with Gasteiger partial charge in [-0.05, 0) is 125 Å². The monoisotopic (exact) mass is 1950 g/mol. The number of aromatic amines is 3. The number of hydrogen-bond acceptors (Lipinski definition) is 22. The zero-order valence-electron chi connectivity index (χ0n) is 74.2. The first kappa shape index (κ1) is 101. The molecule has 131 heavy (non-hydrogen) atoms. The summed E-state index contributed by atoms with van der Waals surface area (Å²) in [7, 11) is 2.64. The number of carbonyl (C=O) groups excluding carboxylic acids is 16. The van der Waals surface area contributed by atoms with E-state index in [1.54, 1.807) is 74.8 Å². The van der Waals surface area contributed by atoms with E-state index in [9.17, 15) is 56.4 Å². The van der Waals surface area contributed by atoms with Crippen molar-refractivity contribution in [1.29, 1.82) is 0 Å². The zero-order chi connectivity index (χ0) is 94.9. The first-order valence-electron chi connectivity index (χ1n) is 44.1. The second-order valence-electron chi connectivity index (χ2n) is 33.9. The number of phenols is 1. The van der Waals surface area contributed by atoms with Crippen molar-refractivity contribution in [2.24, 2.45) is 23.1 Å². The van der Waals surface area contributed by atoms with Gasteiger partial charge in [0.1, 0.15) is 84.3 Å². The Labute approximate surface area is 768 Å². The van der Waals surface area contributed by atoms with Crippen molar-refractivity contribution in [3.63, 3.8) is 0 Å². The summed E-state index contributed by atoms with van der Waals surface area (Å²) in [6.45, 7) is 5.21. The smallest absolute Gasteiger partial charge is 0.246 e. The number of nitrogens with two attached hydrogens (primary N) is 3. The minimum Gasteiger partial charge on any atom is -0.508 e. The van der Waals surface area contributed by atoms with Crippen LogP contribution in [0.2, 0.25) is 0 Å². The number of hydrogen-bond donors (Lipinski definition) is 18. The summed E-state index contributed by atoms with van der Waals surface area (Å²) in [5, 5.41) is 47.5. The minimum absolute atomic E-state index is 0.00332. The molecule has 7 heterocycles. The number of primary amides is 2. The number of halogens is 1. The maximum absolute atomic E-state index is 15.7. The van der Waals surface area contributed by atoms with Gasteiger partial charge in [-0.3, -0.25) is 79.8 Å². The van der Waals surface area contributed by atoms with Crippen molar-refractivity contribution in [2.45, 2.75) is 221 Å². The fraction of sp³-hybridized carbons (Fsp3) is 0.523. The summed E-state index contributed by atoms with van der Waals surface area (Å²) in [4.78, 5) is 254. The maximum atomic E-state index is 15.7. The Morgan fingerprint density at radius 1 is 0.557 bits per heavy atom. The molecule has 710 valence electrons. The Balaban J connectivity index is 0.996. The van der Waals surface area contributed by atoms with Gasteiger partial charge in [0.15, 0.2) is 19.6 Å². The molecule has 41 nitrogen and oxygen atoms in total. The molecule has 4 aliphatic heterocycles. The average molecular weight is 1950 g/mol. The van der Waals surface area contributed by atoms with Crippen molar-refractivity contribution < 1.29 is 90.0 Å². The highest BCUT2D eigenvalue weighted by atomic mass is 127. The topological polar surface area (TPSA) is 605 Å². The molecule has 4 fully saturated rings. The molecule has 21 N–H and O–H groups in total. The van der Waals surface area contributed by atoms with Crippen LogP contribution in [-0.4, -0.2) is 303 Å². The third kappa shape index (κ3) is 27.5. The number of imidazole rings is 1. The molecule has 0 spiro atoms. The van der Waals surface area contributed by atoms with Crippen LogP contribution in [0.5, 0.6) is 5.75 Å². The molecule has 3 aromatic heterocycles. The molecule has 3 aromatic carbocycles. The Bertz CT molecular complexity index is 5180. The number of phenolic OH excluding ortho intramolecular Hbond substituents is 1. The van der Waals surface area contributed by atoms with Crippen molar-refractivity contribution in [3.8, 4) is 5.75 Å². The number of carbonyl (C=O) groups is 16. The molecule has 4 aliphatic rings. The van der Waals surface area contributed by atoms with Crippen LogP contribution in [-0.2, 0) is 105 Å². The average Bonchev–Trinajstić information content (AvgIpc) is 1.72. The van der Waals surface area contributed by atoms with E-state index in [0.717, 1.165) is 21.6 Å². The number of para-hydroxylation sites is 2. The fourth-order valence-corrected chi connectivity index (χ4v) is 20.1. The van der Waals surface area contributed by atoms with Crippen LogP contribution in [0.4, 0.5) is 0 Å². The standard InChI is InChI=1S/C88H121IN22O19S/c1-7-8-22-72-88(129)111-33-16-25-71(111)81(122)100-61(21-13-30-90)77(118)98-55(40-89(130)97-44-74(92)115)46-131-47-75(116)99-65(35-51-26-28-56(113)29-27-51)84(125)107(5)50(4)76(117)103-67(39-73(91)114)87(128)110-32-15-24-70(110)83(124)102-63(38-54-43-93-48-96-54)79(120)104-64(34-49(2)3)86(127)109-31-14-23-69(109)82(123)101-62(36-52-41-94-59-19-11-9-17-57(52)59)78(119)106-68(45-112)80(121)105-66(85(126)108(72)6)37-53-42-95-60-20-12-10-18-58(53)60/h9-12,17-20,26-29,40-43,48-50,55,61-72,94-95,112-113H,7-8,13-16,21-25,30-39,44-47,90H2,1-6H3,(H2,91,114)(H2,92,115)(H,93,96)(H,97,130)(H,98,118)(H,99,116)(H,100,122)(H,101,123)(H,102,124)(H,103,117)(H,104,120)(H,105,121)(H,106,119)/t50-,55?,61-,62-,63-,64-,65-,66-,67-,68-,69-,70-,71+,72-/m0/s1. The number of aliphatic hydroxyl groups excluding tert-OH is 1. The van der Waals surface area contributed by atoms with E-state index in [1.807, 2.05) is 6.92 Å². The zero-order valence-corrected chi connectivity index (χ0v) is 77.2. The molecule has 0 aliphatic carbocycles. The number of aliphatic hydroxyl groups is 1. The van der Waals surface area contributed by atoms with Gasteiger partial charge in [-0.25, -0.2) is 8.51 Å². The molecule has 4 saturated heterocycles. The van der Waals surface area contributed by atoms with Crippen LogP contribution in [0, 0.1) is 5.92 Å². The fourth-order valence-electron chi connectivity index (χ4n) is 16.8. The largest absolute Gasteiger partial charge is 0.508 e. The van der Waals surface area contributed by atoms with E-state index in [4.69, 9.17) is 17.2 Å². The van der Waals surface area contributed by atoms with Crippen LogP contribution in [0.15, 0.2) is 97.7 Å². The SMILES string of the molecule is CCCC[C@H]1C(=O)N2CCC[C@@H]2C(=O)N[C@@H](CCCN)C(=O)NC(C=I(=O)NCC(N)=O)CSCC(=O)N[C@@H](Cc2ccc(O)cc2)C(=O)N(C)[C@@H](C)C(=O)N[C@@H](CC(N)=O)C(=O)N2CCC[C@H]2C(=O)N[C@@H](Cc2cnc[nH]2)C(=O)N[C@@H](CC(C)C)C(=O)N2CCC[C@H]2C(=O)N[C@@H](Cc2c[nH]c3ccccc23)C(=O)N[C@@H](CO)C(=O)N[C@@H](Cc2c[nH]c3ccccc23)C(=O)N1C. The molecule has 10 rings (SSSR count). The third-order valence-electron chi connectivity index (χ3n) is 23.8. The molecule has 0 radical (unpaired) electrons. The van der Waals surface area contributed by atoms with Crippen LogP contribution in [0.3, 0.4) is 0 Å². The number of benzene rings is 3. The van der Waals surface area contributed by atoms with Gasteiger partial charge in [-0.1, -0.05) is 82.1 Å². The van der Waals surface area contributed by atoms with Gasteiger partial charge in [0, 0.05) is 115 Å². The number of H-pyrrole nitrogens is 3. The summed E-state index contributed by atoms with van der Waals surface area (Å²) < 4.78 is 17.5. The number of aromatic hydroxyl groups is 1. The minimum atomic E-state index is -3.73. The molecular formula is C88H121IN22O19S. The maximum Gasteiger partial charge on any atom is 0.246 e. The number of unbranched alkanes of at least 4 members (excludes halogenated alkanes) is 1. The van der Waals surface area contributed by atoms with E-state index in [0.29, 0.717) is 63.5 Å². The van der Waals surface area contributed by atoms with Gasteiger partial charge in [0.05, 0.1) is 37.7 Å². The molecule has 43 heteroatoms. The van der Waals surface area contributed by atoms with Gasteiger partial charge < -0.3 is 115 Å². The lowest BCUT2D eigenvalue weighted by Crippen LogP contribution is -2.61. The molecule has 0 saturated carbocycles. The summed E-state index contributed by atoms with van der Waals surface area (Å²) >= 11 is -2.83. The van der Waals surface area contributed by atoms with E-state index in [2.05, 4.69) is 71.3 Å². The normalized spacial score (nSPS) is 25.4. The number of nitrogens with zero attached hydrogens (tertiary/aromatic N) is 6. The third-order valence-corrected chi connectivity index (χ3v) is 27.5. The summed E-state index contributed by atoms with van der Waals surface area (Å²) in [6, 6.07) is -0.0922. The van der Waals surface area contributed by atoms with Crippen LogP contribution < -0.4 is 68.6 Å². The molecule has 0 bridgehead atoms. The number of amides is 16. The molecule has 14 atom stereocenters.